The molecule has 3 nitrogen and oxygen atoms in total. The Morgan fingerprint density at radius 2 is 2.19 bits per heavy atom. The molecular weight excluding hydrogens is 281 g/mol. The molecule has 1 saturated heterocycles. The van der Waals surface area contributed by atoms with E-state index in [-0.39, 0.29) is 11.9 Å². The van der Waals surface area contributed by atoms with Gasteiger partial charge >= 0.3 is 6.18 Å². The summed E-state index contributed by atoms with van der Waals surface area (Å²) in [4.78, 5) is 13.7. The number of likely N-dealkylation sites (tertiary alicyclic amines) is 1. The molecule has 2 rings (SSSR count). The summed E-state index contributed by atoms with van der Waals surface area (Å²) in [5.74, 6) is -0.208. The Morgan fingerprint density at radius 3 is 2.86 bits per heavy atom. The van der Waals surface area contributed by atoms with Crippen molar-refractivity contribution in [1.29, 1.82) is 0 Å². The van der Waals surface area contributed by atoms with Crippen LogP contribution in [0.1, 0.15) is 24.0 Å². The quantitative estimate of drug-likeness (QED) is 0.872. The third-order valence-corrected chi connectivity index (χ3v) is 3.56. The van der Waals surface area contributed by atoms with Gasteiger partial charge in [-0.1, -0.05) is 12.1 Å². The topological polar surface area (TPSA) is 46.3 Å². The molecule has 0 saturated carbocycles. The smallest absolute Gasteiger partial charge is 0.335 e. The summed E-state index contributed by atoms with van der Waals surface area (Å²) in [5.41, 5.74) is 5.22. The minimum Gasteiger partial charge on any atom is -0.335 e. The fourth-order valence-electron chi connectivity index (χ4n) is 2.45. The Bertz CT molecular complexity index is 540. The first-order valence-electron chi connectivity index (χ1n) is 6.78. The van der Waals surface area contributed by atoms with Gasteiger partial charge in [-0.15, -0.1) is 0 Å². The standard InChI is InChI=1S/C15H17F3N2O/c16-15(17,18)12-4-1-3-11(9-12)6-7-14(21)20-8-2-5-13(20)10-19/h1,3-4,6-7,9,13H,2,5,8,10,19H2. The highest BCUT2D eigenvalue weighted by molar-refractivity contribution is 5.92. The zero-order valence-electron chi connectivity index (χ0n) is 11.4. The predicted octanol–water partition coefficient (Wildman–Crippen LogP) is 2.67. The molecule has 1 aliphatic heterocycles. The number of hydrogen-bond acceptors (Lipinski definition) is 2. The van der Waals surface area contributed by atoms with E-state index in [4.69, 9.17) is 5.73 Å². The van der Waals surface area contributed by atoms with Crippen molar-refractivity contribution in [3.63, 3.8) is 0 Å². The molecule has 114 valence electrons. The van der Waals surface area contributed by atoms with E-state index >= 15 is 0 Å². The fourth-order valence-corrected chi connectivity index (χ4v) is 2.45. The van der Waals surface area contributed by atoms with Gasteiger partial charge in [-0.2, -0.15) is 13.2 Å². The number of rotatable bonds is 3. The summed E-state index contributed by atoms with van der Waals surface area (Å²) in [6.45, 7) is 1.05. The second-order valence-corrected chi connectivity index (χ2v) is 5.02. The van der Waals surface area contributed by atoms with Crippen LogP contribution in [0.3, 0.4) is 0 Å². The molecule has 21 heavy (non-hydrogen) atoms. The molecule has 0 spiro atoms. The van der Waals surface area contributed by atoms with Crippen LogP contribution in [-0.4, -0.2) is 29.9 Å². The molecule has 1 aromatic carbocycles. The van der Waals surface area contributed by atoms with Gasteiger partial charge in [0.15, 0.2) is 0 Å². The summed E-state index contributed by atoms with van der Waals surface area (Å²) in [7, 11) is 0. The van der Waals surface area contributed by atoms with Crippen LogP contribution in [-0.2, 0) is 11.0 Å². The van der Waals surface area contributed by atoms with Crippen molar-refractivity contribution >= 4 is 12.0 Å². The average Bonchev–Trinajstić information content (AvgIpc) is 2.92. The lowest BCUT2D eigenvalue weighted by Gasteiger charge is -2.21. The summed E-state index contributed by atoms with van der Waals surface area (Å²) in [6, 6.07) is 4.91. The zero-order chi connectivity index (χ0) is 15.5. The lowest BCUT2D eigenvalue weighted by atomic mass is 10.1. The average molecular weight is 298 g/mol. The van der Waals surface area contributed by atoms with Crippen LogP contribution in [0.5, 0.6) is 0 Å². The number of carbonyl (C=O) groups is 1. The lowest BCUT2D eigenvalue weighted by Crippen LogP contribution is -2.38. The van der Waals surface area contributed by atoms with Crippen LogP contribution in [0.2, 0.25) is 0 Å². The van der Waals surface area contributed by atoms with Crippen molar-refractivity contribution in [2.75, 3.05) is 13.1 Å². The summed E-state index contributed by atoms with van der Waals surface area (Å²) < 4.78 is 37.8. The number of amides is 1. The molecular formula is C15H17F3N2O. The molecule has 1 unspecified atom stereocenters. The maximum absolute atomic E-state index is 12.6. The van der Waals surface area contributed by atoms with Crippen LogP contribution in [0.25, 0.3) is 6.08 Å². The second kappa shape index (κ2) is 6.30. The molecule has 1 heterocycles. The van der Waals surface area contributed by atoms with Crippen LogP contribution in [0.4, 0.5) is 13.2 Å². The Balaban J connectivity index is 2.09. The van der Waals surface area contributed by atoms with E-state index in [1.165, 1.54) is 24.3 Å². The number of hydrogen-bond donors (Lipinski definition) is 1. The van der Waals surface area contributed by atoms with Gasteiger partial charge in [0.2, 0.25) is 5.91 Å². The van der Waals surface area contributed by atoms with Crippen LogP contribution in [0.15, 0.2) is 30.3 Å². The predicted molar refractivity (Wildman–Crippen MR) is 74.3 cm³/mol. The van der Waals surface area contributed by atoms with Crippen LogP contribution < -0.4 is 5.73 Å². The van der Waals surface area contributed by atoms with Crippen LogP contribution >= 0.6 is 0 Å². The molecule has 1 fully saturated rings. The molecule has 1 atom stereocenters. The molecule has 0 radical (unpaired) electrons. The highest BCUT2D eigenvalue weighted by Gasteiger charge is 2.30. The molecule has 2 N–H and O–H groups in total. The summed E-state index contributed by atoms with van der Waals surface area (Å²) in [5, 5.41) is 0. The monoisotopic (exact) mass is 298 g/mol. The van der Waals surface area contributed by atoms with Gasteiger partial charge in [-0.3, -0.25) is 4.79 Å². The van der Waals surface area contributed by atoms with Crippen LogP contribution in [0, 0.1) is 0 Å². The van der Waals surface area contributed by atoms with Gasteiger partial charge in [0.1, 0.15) is 0 Å². The van der Waals surface area contributed by atoms with E-state index < -0.39 is 11.7 Å². The molecule has 0 bridgehead atoms. The highest BCUT2D eigenvalue weighted by Crippen LogP contribution is 2.29. The van der Waals surface area contributed by atoms with E-state index in [9.17, 15) is 18.0 Å². The summed E-state index contributed by atoms with van der Waals surface area (Å²) >= 11 is 0. The molecule has 0 aliphatic carbocycles. The third-order valence-electron chi connectivity index (χ3n) is 3.56. The third kappa shape index (κ3) is 3.85. The molecule has 1 aromatic rings. The number of nitrogens with two attached hydrogens (primary N) is 1. The van der Waals surface area contributed by atoms with Gasteiger partial charge in [0.25, 0.3) is 0 Å². The van der Waals surface area contributed by atoms with Crippen molar-refractivity contribution in [2.24, 2.45) is 5.73 Å². The SMILES string of the molecule is NCC1CCCN1C(=O)C=Cc1cccc(C(F)(F)F)c1. The minimum atomic E-state index is -4.38. The number of carbonyl (C=O) groups excluding carboxylic acids is 1. The van der Waals surface area contributed by atoms with E-state index in [1.54, 1.807) is 4.90 Å². The van der Waals surface area contributed by atoms with Crippen molar-refractivity contribution in [3.05, 3.63) is 41.5 Å². The largest absolute Gasteiger partial charge is 0.416 e. The van der Waals surface area contributed by atoms with Gasteiger partial charge in [-0.25, -0.2) is 0 Å². The lowest BCUT2D eigenvalue weighted by molar-refractivity contribution is -0.137. The first-order chi connectivity index (χ1) is 9.91. The van der Waals surface area contributed by atoms with E-state index in [2.05, 4.69) is 0 Å². The van der Waals surface area contributed by atoms with Gasteiger partial charge in [0.05, 0.1) is 5.56 Å². The second-order valence-electron chi connectivity index (χ2n) is 5.02. The Morgan fingerprint density at radius 1 is 1.43 bits per heavy atom. The molecule has 0 aromatic heterocycles. The minimum absolute atomic E-state index is 0.0312. The van der Waals surface area contributed by atoms with Gasteiger partial charge in [0, 0.05) is 25.2 Å². The first-order valence-corrected chi connectivity index (χ1v) is 6.78. The van der Waals surface area contributed by atoms with E-state index in [0.717, 1.165) is 25.0 Å². The highest BCUT2D eigenvalue weighted by atomic mass is 19.4. The molecule has 6 heteroatoms. The van der Waals surface area contributed by atoms with Gasteiger partial charge in [-0.05, 0) is 36.6 Å². The van der Waals surface area contributed by atoms with Crippen molar-refractivity contribution < 1.29 is 18.0 Å². The zero-order valence-corrected chi connectivity index (χ0v) is 11.4. The Kier molecular flexibility index (Phi) is 4.67. The number of benzene rings is 1. The Labute approximate surface area is 121 Å². The number of halogens is 3. The normalized spacial score (nSPS) is 19.4. The number of alkyl halides is 3. The van der Waals surface area contributed by atoms with Crippen molar-refractivity contribution in [2.45, 2.75) is 25.1 Å². The molecule has 1 amide bonds. The van der Waals surface area contributed by atoms with Crippen molar-refractivity contribution in [1.82, 2.24) is 4.90 Å². The van der Waals surface area contributed by atoms with E-state index in [0.29, 0.717) is 18.7 Å². The fraction of sp³-hybridized carbons (Fsp3) is 0.400. The maximum atomic E-state index is 12.6. The first kappa shape index (κ1) is 15.6. The molecule has 1 aliphatic rings. The van der Waals surface area contributed by atoms with Gasteiger partial charge < -0.3 is 10.6 Å². The Hall–Kier alpha value is -1.82. The van der Waals surface area contributed by atoms with Crippen molar-refractivity contribution in [3.8, 4) is 0 Å². The van der Waals surface area contributed by atoms with E-state index in [1.807, 2.05) is 0 Å². The number of nitrogens with zero attached hydrogens (tertiary/aromatic N) is 1. The maximum Gasteiger partial charge on any atom is 0.416 e. The summed E-state index contributed by atoms with van der Waals surface area (Å²) in [6.07, 6.45) is 0.116.